The maximum absolute atomic E-state index is 5.21. The van der Waals surface area contributed by atoms with Gasteiger partial charge >= 0.3 is 0 Å². The Morgan fingerprint density at radius 2 is 1.15 bits per heavy atom. The summed E-state index contributed by atoms with van der Waals surface area (Å²) < 4.78 is 0. The normalized spacial score (nSPS) is 15.4. The van der Waals surface area contributed by atoms with Crippen molar-refractivity contribution in [3.05, 3.63) is 11.8 Å². The Bertz CT molecular complexity index is 559. The van der Waals surface area contributed by atoms with Gasteiger partial charge < -0.3 is 4.89 Å². The van der Waals surface area contributed by atoms with Crippen LogP contribution in [0.25, 0.3) is 0 Å². The van der Waals surface area contributed by atoms with Gasteiger partial charge in [-0.05, 0) is 67.0 Å². The summed E-state index contributed by atoms with van der Waals surface area (Å²) >= 11 is 0. The molecular weight excluding hydrogens is 536 g/mol. The van der Waals surface area contributed by atoms with Crippen molar-refractivity contribution in [1.82, 2.24) is 0 Å². The molecule has 1 aliphatic rings. The second kappa shape index (κ2) is 30.6. The summed E-state index contributed by atoms with van der Waals surface area (Å²) in [5.41, 5.74) is 0. The predicted octanol–water partition coefficient (Wildman–Crippen LogP) is 9.54. The van der Waals surface area contributed by atoms with Crippen molar-refractivity contribution >= 4 is 0 Å². The molecule has 0 saturated heterocycles. The van der Waals surface area contributed by atoms with Crippen molar-refractivity contribution in [2.24, 2.45) is 5.92 Å². The van der Waals surface area contributed by atoms with Crippen molar-refractivity contribution in [1.29, 1.82) is 0 Å². The molecule has 0 aromatic carbocycles. The van der Waals surface area contributed by atoms with Gasteiger partial charge in [-0.15, -0.1) is 0 Å². The fourth-order valence-corrected chi connectivity index (χ4v) is 4.84. The van der Waals surface area contributed by atoms with E-state index in [0.717, 1.165) is 38.5 Å². The average Bonchev–Trinajstić information content (AvgIpc) is 2.99. The molecule has 0 aliphatic heterocycles. The van der Waals surface area contributed by atoms with E-state index >= 15 is 0 Å². The third-order valence-electron chi connectivity index (χ3n) is 7.32. The molecule has 0 heterocycles. The first-order chi connectivity index (χ1) is 20.3. The molecule has 11 nitrogen and oxygen atoms in total. The minimum Gasteiger partial charge on any atom is -0.313 e. The zero-order valence-electron chi connectivity index (χ0n) is 26.0. The van der Waals surface area contributed by atoms with E-state index in [1.54, 1.807) is 0 Å². The molecule has 1 saturated carbocycles. The van der Waals surface area contributed by atoms with Gasteiger partial charge in [0.25, 0.3) is 0 Å². The van der Waals surface area contributed by atoms with Gasteiger partial charge in [0.15, 0.2) is 0 Å². The SMILES string of the molecule is CCCCCCCCCCCCCCCCCCC=C(OOOC)C(C)COOOOOOOOC1CCCCC1. The minimum absolute atomic E-state index is 0.0232. The van der Waals surface area contributed by atoms with Gasteiger partial charge in [0.2, 0.25) is 0 Å². The van der Waals surface area contributed by atoms with Gasteiger partial charge in [-0.1, -0.05) is 129 Å². The standard InChI is InChI=1S/C30H58O11/c1-4-5-6-7-8-9-10-11-12-13-14-15-16-17-18-19-23-26-30(34-35-31-3)28(2)27-32-36-38-40-41-39-37-33-29-24-21-20-22-25-29/h26,28-29H,4-25,27H2,1-3H3. The number of allylic oxidation sites excluding steroid dienone is 1. The Labute approximate surface area is 247 Å². The third kappa shape index (κ3) is 25.4. The highest BCUT2D eigenvalue weighted by Gasteiger charge is 2.16. The van der Waals surface area contributed by atoms with Crippen LogP contribution in [0.5, 0.6) is 0 Å². The second-order valence-corrected chi connectivity index (χ2v) is 11.0. The van der Waals surface area contributed by atoms with Crippen LogP contribution in [-0.4, -0.2) is 19.8 Å². The first kappa shape index (κ1) is 38.2. The Kier molecular flexibility index (Phi) is 28.5. The Balaban J connectivity index is 1.95. The molecule has 1 fully saturated rings. The van der Waals surface area contributed by atoms with Gasteiger partial charge in [0.05, 0.1) is 19.8 Å². The molecule has 1 unspecified atom stereocenters. The van der Waals surface area contributed by atoms with E-state index in [-0.39, 0.29) is 18.6 Å². The summed E-state index contributed by atoms with van der Waals surface area (Å²) in [4.78, 5) is 19.7. The predicted molar refractivity (Wildman–Crippen MR) is 151 cm³/mol. The molecule has 1 rings (SSSR count). The smallest absolute Gasteiger partial charge is 0.147 e. The molecule has 244 valence electrons. The lowest BCUT2D eigenvalue weighted by Crippen LogP contribution is -2.17. The van der Waals surface area contributed by atoms with Crippen molar-refractivity contribution < 1.29 is 54.8 Å². The molecular formula is C30H58O11. The monoisotopic (exact) mass is 594 g/mol. The lowest BCUT2D eigenvalue weighted by molar-refractivity contribution is -0.815. The van der Waals surface area contributed by atoms with E-state index in [4.69, 9.17) is 14.7 Å². The maximum Gasteiger partial charge on any atom is 0.147 e. The van der Waals surface area contributed by atoms with Gasteiger partial charge in [0.1, 0.15) is 5.76 Å². The van der Waals surface area contributed by atoms with Gasteiger partial charge in [-0.25, -0.2) is 9.78 Å². The van der Waals surface area contributed by atoms with Crippen LogP contribution < -0.4 is 0 Å². The molecule has 1 atom stereocenters. The lowest BCUT2D eigenvalue weighted by Gasteiger charge is -2.18. The van der Waals surface area contributed by atoms with E-state index < -0.39 is 0 Å². The van der Waals surface area contributed by atoms with Crippen LogP contribution in [-0.2, 0) is 54.8 Å². The van der Waals surface area contributed by atoms with E-state index in [2.05, 4.69) is 47.1 Å². The summed E-state index contributed by atoms with van der Waals surface area (Å²) in [5.74, 6) is 0.351. The Morgan fingerprint density at radius 1 is 0.634 bits per heavy atom. The molecule has 11 heteroatoms. The molecule has 0 aromatic rings. The molecule has 0 radical (unpaired) electrons. The van der Waals surface area contributed by atoms with Crippen LogP contribution in [0, 0.1) is 5.92 Å². The number of hydrogen-bond acceptors (Lipinski definition) is 11. The summed E-state index contributed by atoms with van der Waals surface area (Å²) in [6.45, 7) is 4.24. The molecule has 41 heavy (non-hydrogen) atoms. The summed E-state index contributed by atoms with van der Waals surface area (Å²) in [6, 6.07) is 0. The zero-order valence-corrected chi connectivity index (χ0v) is 26.0. The number of rotatable bonds is 31. The second-order valence-electron chi connectivity index (χ2n) is 11.0. The van der Waals surface area contributed by atoms with Crippen molar-refractivity contribution in [2.75, 3.05) is 13.7 Å². The number of hydrogen-bond donors (Lipinski definition) is 0. The van der Waals surface area contributed by atoms with Crippen LogP contribution in [0.1, 0.15) is 155 Å². The first-order valence-corrected chi connectivity index (χ1v) is 16.1. The van der Waals surface area contributed by atoms with Crippen molar-refractivity contribution in [2.45, 2.75) is 161 Å². The van der Waals surface area contributed by atoms with Crippen LogP contribution in [0.15, 0.2) is 11.8 Å². The summed E-state index contributed by atoms with van der Waals surface area (Å²) in [7, 11) is 1.37. The Hall–Kier alpha value is -0.860. The summed E-state index contributed by atoms with van der Waals surface area (Å²) in [6.07, 6.45) is 29.5. The molecule has 0 N–H and O–H groups in total. The molecule has 0 aromatic heterocycles. The average molecular weight is 595 g/mol. The molecule has 0 bridgehead atoms. The van der Waals surface area contributed by atoms with E-state index in [0.29, 0.717) is 5.76 Å². The fraction of sp³-hybridized carbons (Fsp3) is 0.933. The summed E-state index contributed by atoms with van der Waals surface area (Å²) in [5, 5.41) is 30.2. The topological polar surface area (TPSA) is 102 Å². The van der Waals surface area contributed by atoms with Gasteiger partial charge in [-0.2, -0.15) is 4.89 Å². The van der Waals surface area contributed by atoms with Crippen LogP contribution in [0.3, 0.4) is 0 Å². The van der Waals surface area contributed by atoms with Gasteiger partial charge in [-0.3, -0.25) is 0 Å². The highest BCUT2D eigenvalue weighted by Crippen LogP contribution is 2.21. The Morgan fingerprint density at radius 3 is 1.71 bits per heavy atom. The molecule has 1 aliphatic carbocycles. The van der Waals surface area contributed by atoms with Gasteiger partial charge in [0, 0.05) is 5.92 Å². The van der Waals surface area contributed by atoms with E-state index in [1.807, 2.05) is 13.0 Å². The maximum atomic E-state index is 5.21. The quantitative estimate of drug-likeness (QED) is 0.0332. The largest absolute Gasteiger partial charge is 0.313 e. The minimum atomic E-state index is -0.209. The van der Waals surface area contributed by atoms with Crippen LogP contribution in [0.2, 0.25) is 0 Å². The fourth-order valence-electron chi connectivity index (χ4n) is 4.84. The third-order valence-corrected chi connectivity index (χ3v) is 7.32. The van der Waals surface area contributed by atoms with Crippen LogP contribution in [0.4, 0.5) is 0 Å². The van der Waals surface area contributed by atoms with Crippen LogP contribution >= 0.6 is 0 Å². The lowest BCUT2D eigenvalue weighted by atomic mass is 9.98. The van der Waals surface area contributed by atoms with Crippen molar-refractivity contribution in [3.8, 4) is 0 Å². The van der Waals surface area contributed by atoms with E-state index in [1.165, 1.54) is 110 Å². The van der Waals surface area contributed by atoms with E-state index in [9.17, 15) is 0 Å². The van der Waals surface area contributed by atoms with Crippen molar-refractivity contribution in [3.63, 3.8) is 0 Å². The highest BCUT2D eigenvalue weighted by molar-refractivity contribution is 4.96. The zero-order chi connectivity index (χ0) is 29.5. The number of unbranched alkanes of at least 4 members (excludes halogenated alkanes) is 16. The molecule has 0 amide bonds. The first-order valence-electron chi connectivity index (χ1n) is 16.1. The molecule has 0 spiro atoms. The highest BCUT2D eigenvalue weighted by atomic mass is 17.9.